The number of hydrogen-bond acceptors (Lipinski definition) is 5. The maximum Gasteiger partial charge on any atom is 0.327 e. The summed E-state index contributed by atoms with van der Waals surface area (Å²) >= 11 is 0. The lowest BCUT2D eigenvalue weighted by atomic mass is 10.0. The average Bonchev–Trinajstić information content (AvgIpc) is 3.36. The van der Waals surface area contributed by atoms with Gasteiger partial charge in [-0.05, 0) is 42.7 Å². The van der Waals surface area contributed by atoms with Crippen molar-refractivity contribution in [2.24, 2.45) is 5.92 Å². The molecule has 2 aromatic rings. The average molecular weight is 422 g/mol. The second-order valence-corrected chi connectivity index (χ2v) is 8.38. The van der Waals surface area contributed by atoms with Gasteiger partial charge in [-0.15, -0.1) is 0 Å². The van der Waals surface area contributed by atoms with Gasteiger partial charge in [-0.3, -0.25) is 9.69 Å². The van der Waals surface area contributed by atoms with Gasteiger partial charge in [0.25, 0.3) is 0 Å². The lowest BCUT2D eigenvalue weighted by molar-refractivity contribution is -0.147. The van der Waals surface area contributed by atoms with E-state index in [1.54, 1.807) is 0 Å². The van der Waals surface area contributed by atoms with Gasteiger partial charge < -0.3 is 15.0 Å². The lowest BCUT2D eigenvalue weighted by Crippen LogP contribution is -2.49. The number of methoxy groups -OCH3 is 1. The first-order valence-electron chi connectivity index (χ1n) is 11.2. The third kappa shape index (κ3) is 5.07. The van der Waals surface area contributed by atoms with Crippen molar-refractivity contribution < 1.29 is 14.3 Å². The highest BCUT2D eigenvalue weighted by molar-refractivity contribution is 5.92. The molecule has 1 aliphatic heterocycles. The highest BCUT2D eigenvalue weighted by atomic mass is 16.5. The molecule has 1 unspecified atom stereocenters. The Bertz CT molecular complexity index is 871. The van der Waals surface area contributed by atoms with Crippen molar-refractivity contribution in [2.75, 3.05) is 43.5 Å². The molecule has 1 amide bonds. The van der Waals surface area contributed by atoms with Crippen LogP contribution >= 0.6 is 0 Å². The number of nitrogens with zero attached hydrogens (tertiary/aromatic N) is 2. The second-order valence-electron chi connectivity index (χ2n) is 8.38. The molecule has 2 fully saturated rings. The van der Waals surface area contributed by atoms with Crippen LogP contribution in [-0.2, 0) is 14.3 Å². The minimum Gasteiger partial charge on any atom is -0.468 e. The molecule has 31 heavy (non-hydrogen) atoms. The normalized spacial score (nSPS) is 18.5. The minimum atomic E-state index is -0.374. The smallest absolute Gasteiger partial charge is 0.327 e. The summed E-state index contributed by atoms with van der Waals surface area (Å²) in [5.74, 6) is 0.0933. The number of ether oxygens (including phenoxy) is 1. The fraction of sp³-hybridized carbons (Fsp3) is 0.440. The predicted octanol–water partition coefficient (Wildman–Crippen LogP) is 3.85. The molecule has 1 atom stereocenters. The number of hydrogen-bond donors (Lipinski definition) is 1. The monoisotopic (exact) mass is 421 g/mol. The Balaban J connectivity index is 1.35. The van der Waals surface area contributed by atoms with Gasteiger partial charge in [-0.1, -0.05) is 43.2 Å². The molecular weight excluding hydrogens is 390 g/mol. The third-order valence-corrected chi connectivity index (χ3v) is 6.45. The number of esters is 1. The Morgan fingerprint density at radius 2 is 1.58 bits per heavy atom. The van der Waals surface area contributed by atoms with Crippen LogP contribution in [0.1, 0.15) is 37.3 Å². The van der Waals surface area contributed by atoms with E-state index in [4.69, 9.17) is 4.74 Å². The summed E-state index contributed by atoms with van der Waals surface area (Å²) in [4.78, 5) is 29.3. The minimum absolute atomic E-state index is 0.147. The largest absolute Gasteiger partial charge is 0.468 e. The SMILES string of the molecule is COC(=O)C(c1ccccc1)N1CCN(c2ccc(NC(=O)C3CCCC3)cc2)CC1. The van der Waals surface area contributed by atoms with Crippen molar-refractivity contribution in [3.63, 3.8) is 0 Å². The van der Waals surface area contributed by atoms with Crippen molar-refractivity contribution in [3.8, 4) is 0 Å². The molecule has 1 heterocycles. The van der Waals surface area contributed by atoms with Crippen molar-refractivity contribution in [3.05, 3.63) is 60.2 Å². The van der Waals surface area contributed by atoms with Crippen LogP contribution in [0.3, 0.4) is 0 Å². The van der Waals surface area contributed by atoms with Crippen LogP contribution in [0.15, 0.2) is 54.6 Å². The van der Waals surface area contributed by atoms with Crippen molar-refractivity contribution in [1.82, 2.24) is 4.90 Å². The third-order valence-electron chi connectivity index (χ3n) is 6.45. The van der Waals surface area contributed by atoms with Crippen LogP contribution in [0, 0.1) is 5.92 Å². The number of amides is 1. The first-order chi connectivity index (χ1) is 15.2. The molecular formula is C25H31N3O3. The topological polar surface area (TPSA) is 61.9 Å². The molecule has 1 saturated heterocycles. The van der Waals surface area contributed by atoms with Gasteiger partial charge >= 0.3 is 5.97 Å². The Kier molecular flexibility index (Phi) is 6.87. The zero-order valence-corrected chi connectivity index (χ0v) is 18.1. The zero-order chi connectivity index (χ0) is 21.6. The van der Waals surface area contributed by atoms with E-state index in [1.165, 1.54) is 7.11 Å². The first kappa shape index (κ1) is 21.4. The van der Waals surface area contributed by atoms with E-state index in [0.29, 0.717) is 0 Å². The maximum atomic E-state index is 12.5. The van der Waals surface area contributed by atoms with E-state index >= 15 is 0 Å². The number of benzene rings is 2. The number of anilines is 2. The summed E-state index contributed by atoms with van der Waals surface area (Å²) in [5.41, 5.74) is 2.95. The fourth-order valence-electron chi connectivity index (χ4n) is 4.67. The van der Waals surface area contributed by atoms with Crippen LogP contribution in [0.5, 0.6) is 0 Å². The van der Waals surface area contributed by atoms with E-state index < -0.39 is 0 Å². The second kappa shape index (κ2) is 9.96. The van der Waals surface area contributed by atoms with E-state index in [1.807, 2.05) is 42.5 Å². The molecule has 1 N–H and O–H groups in total. The predicted molar refractivity (Wildman–Crippen MR) is 122 cm³/mol. The number of nitrogens with one attached hydrogen (secondary N) is 1. The molecule has 1 aliphatic carbocycles. The van der Waals surface area contributed by atoms with E-state index in [0.717, 1.165) is 68.8 Å². The molecule has 0 aromatic heterocycles. The van der Waals surface area contributed by atoms with Gasteiger partial charge in [-0.2, -0.15) is 0 Å². The lowest BCUT2D eigenvalue weighted by Gasteiger charge is -2.39. The standard InChI is InChI=1S/C25H31N3O3/c1-31-25(30)23(19-7-3-2-4-8-19)28-17-15-27(16-18-28)22-13-11-21(12-14-22)26-24(29)20-9-5-6-10-20/h2-4,7-8,11-14,20,23H,5-6,9-10,15-18H2,1H3,(H,26,29). The van der Waals surface area contributed by atoms with Gasteiger partial charge in [0.05, 0.1) is 7.11 Å². The maximum absolute atomic E-state index is 12.5. The Morgan fingerprint density at radius 3 is 2.19 bits per heavy atom. The Labute approximate surface area is 184 Å². The van der Waals surface area contributed by atoms with Crippen LogP contribution in [0.2, 0.25) is 0 Å². The summed E-state index contributed by atoms with van der Waals surface area (Å²) in [7, 11) is 1.45. The molecule has 0 bridgehead atoms. The molecule has 0 radical (unpaired) electrons. The molecule has 4 rings (SSSR count). The number of carbonyl (C=O) groups excluding carboxylic acids is 2. The van der Waals surface area contributed by atoms with Crippen LogP contribution in [0.25, 0.3) is 0 Å². The summed E-state index contributed by atoms with van der Waals surface area (Å²) in [5, 5.41) is 3.06. The van der Waals surface area contributed by atoms with Gasteiger partial charge in [0.2, 0.25) is 5.91 Å². The van der Waals surface area contributed by atoms with Crippen molar-refractivity contribution in [2.45, 2.75) is 31.7 Å². The highest BCUT2D eigenvalue weighted by Gasteiger charge is 2.31. The van der Waals surface area contributed by atoms with Gasteiger partial charge in [0.1, 0.15) is 6.04 Å². The summed E-state index contributed by atoms with van der Waals surface area (Å²) in [6.45, 7) is 3.20. The molecule has 1 saturated carbocycles. The van der Waals surface area contributed by atoms with Gasteiger partial charge in [-0.25, -0.2) is 4.79 Å². The van der Waals surface area contributed by atoms with Crippen molar-refractivity contribution >= 4 is 23.3 Å². The van der Waals surface area contributed by atoms with Gasteiger partial charge in [0.15, 0.2) is 0 Å². The van der Waals surface area contributed by atoms with E-state index in [9.17, 15) is 9.59 Å². The summed E-state index contributed by atoms with van der Waals surface area (Å²) in [6, 6.07) is 17.5. The number of rotatable bonds is 6. The quantitative estimate of drug-likeness (QED) is 0.718. The molecule has 6 heteroatoms. The Morgan fingerprint density at radius 1 is 0.935 bits per heavy atom. The van der Waals surface area contributed by atoms with E-state index in [2.05, 4.69) is 27.2 Å². The highest BCUT2D eigenvalue weighted by Crippen LogP contribution is 2.28. The first-order valence-corrected chi connectivity index (χ1v) is 11.2. The molecule has 2 aromatic carbocycles. The number of carbonyl (C=O) groups is 2. The van der Waals surface area contributed by atoms with Crippen molar-refractivity contribution in [1.29, 1.82) is 0 Å². The van der Waals surface area contributed by atoms with E-state index in [-0.39, 0.29) is 23.8 Å². The molecule has 0 spiro atoms. The fourth-order valence-corrected chi connectivity index (χ4v) is 4.67. The Hall–Kier alpha value is -2.86. The zero-order valence-electron chi connectivity index (χ0n) is 18.1. The summed E-state index contributed by atoms with van der Waals surface area (Å²) in [6.07, 6.45) is 4.32. The molecule has 6 nitrogen and oxygen atoms in total. The summed E-state index contributed by atoms with van der Waals surface area (Å²) < 4.78 is 5.08. The van der Waals surface area contributed by atoms with Gasteiger partial charge in [0, 0.05) is 43.5 Å². The molecule has 164 valence electrons. The van der Waals surface area contributed by atoms with Crippen LogP contribution < -0.4 is 10.2 Å². The molecule has 2 aliphatic rings. The number of piperazine rings is 1. The van der Waals surface area contributed by atoms with Crippen LogP contribution in [-0.4, -0.2) is 50.1 Å². The van der Waals surface area contributed by atoms with Crippen LogP contribution in [0.4, 0.5) is 11.4 Å².